The summed E-state index contributed by atoms with van der Waals surface area (Å²) in [4.78, 5) is 56.0. The maximum atomic E-state index is 15.1. The summed E-state index contributed by atoms with van der Waals surface area (Å²) in [5.74, 6) is -9.10. The van der Waals surface area contributed by atoms with Crippen molar-refractivity contribution in [2.75, 3.05) is 12.1 Å². The summed E-state index contributed by atoms with van der Waals surface area (Å²) in [5.41, 5.74) is 2.93. The zero-order valence-electron chi connectivity index (χ0n) is 37.9. The van der Waals surface area contributed by atoms with Crippen LogP contribution in [0.3, 0.4) is 0 Å². The SMILES string of the molecule is CO[C@H]1/C=C/O[C@@]2(C)Oc3c(C)c(O)c4c(c3C2=O)C(=O)/C(=C/NN(c2ccccc2)c2ccccc2)C(=C4O)NC(=O)/C(C)=C\C=C\[C@H](C)[C@H](O)[C@@H](C)[C@@H](O)[C@@H](C)[C@H](OC(C)=O)[C@@H]1C. The number of ether oxygens (including phenoxy) is 4. The van der Waals surface area contributed by atoms with Crippen LogP contribution < -0.4 is 20.5 Å². The molecule has 0 saturated carbocycles. The van der Waals surface area contributed by atoms with E-state index in [-0.39, 0.29) is 39.3 Å². The Bertz CT molecular complexity index is 2440. The largest absolute Gasteiger partial charge is 0.507 e. The predicted octanol–water partition coefficient (Wildman–Crippen LogP) is 7.02. The Kier molecular flexibility index (Phi) is 14.4. The summed E-state index contributed by atoms with van der Waals surface area (Å²) in [7, 11) is 1.43. The van der Waals surface area contributed by atoms with Crippen molar-refractivity contribution >= 4 is 40.6 Å². The first-order valence-electron chi connectivity index (χ1n) is 21.4. The number of nitrogens with one attached hydrogen (secondary N) is 2. The van der Waals surface area contributed by atoms with E-state index < -0.39 is 94.4 Å². The van der Waals surface area contributed by atoms with Crippen LogP contribution in [0.4, 0.5) is 11.4 Å². The first kappa shape index (κ1) is 47.8. The van der Waals surface area contributed by atoms with Crippen molar-refractivity contribution in [2.24, 2.45) is 23.7 Å². The van der Waals surface area contributed by atoms with Gasteiger partial charge in [0.1, 0.15) is 17.6 Å². The van der Waals surface area contributed by atoms with E-state index in [1.807, 2.05) is 60.7 Å². The van der Waals surface area contributed by atoms with Gasteiger partial charge < -0.3 is 50.1 Å². The molecule has 0 saturated heterocycles. The van der Waals surface area contributed by atoms with Gasteiger partial charge in [-0.2, -0.15) is 0 Å². The molecule has 7 rings (SSSR count). The number of aliphatic hydroxyl groups excluding tert-OH is 3. The number of amides is 1. The van der Waals surface area contributed by atoms with Crippen molar-refractivity contribution in [2.45, 2.75) is 85.6 Å². The van der Waals surface area contributed by atoms with E-state index in [0.29, 0.717) is 11.4 Å². The number of rotatable bonds is 6. The summed E-state index contributed by atoms with van der Waals surface area (Å²) >= 11 is 0. The average molecular weight is 892 g/mol. The number of benzene rings is 3. The molecule has 9 atom stereocenters. The van der Waals surface area contributed by atoms with Gasteiger partial charge in [-0.3, -0.25) is 24.2 Å². The zero-order valence-corrected chi connectivity index (χ0v) is 37.9. The van der Waals surface area contributed by atoms with Gasteiger partial charge in [0.15, 0.2) is 11.5 Å². The lowest BCUT2D eigenvalue weighted by atomic mass is 9.78. The lowest BCUT2D eigenvalue weighted by molar-refractivity contribution is -0.160. The van der Waals surface area contributed by atoms with E-state index in [1.165, 1.54) is 59.4 Å². The minimum absolute atomic E-state index is 0.00995. The highest BCUT2D eigenvalue weighted by Crippen LogP contribution is 2.50. The number of aromatic hydroxyl groups is 1. The van der Waals surface area contributed by atoms with Crippen LogP contribution in [0.2, 0.25) is 0 Å². The number of hydrazine groups is 1. The molecule has 15 nitrogen and oxygen atoms in total. The molecule has 5 bridgehead atoms. The second-order valence-corrected chi connectivity index (χ2v) is 16.9. The fraction of sp³-hybridized carbons (Fsp3) is 0.360. The monoisotopic (exact) mass is 891 g/mol. The van der Waals surface area contributed by atoms with E-state index in [9.17, 15) is 34.8 Å². The Balaban J connectivity index is 1.52. The Morgan fingerprint density at radius 1 is 0.862 bits per heavy atom. The van der Waals surface area contributed by atoms with Gasteiger partial charge in [0.25, 0.3) is 11.7 Å². The first-order chi connectivity index (χ1) is 30.8. The second kappa shape index (κ2) is 19.6. The molecule has 1 aliphatic carbocycles. The summed E-state index contributed by atoms with van der Waals surface area (Å²) in [6.45, 7) is 12.4. The predicted molar refractivity (Wildman–Crippen MR) is 243 cm³/mol. The normalized spacial score (nSPS) is 29.8. The van der Waals surface area contributed by atoms with Crippen LogP contribution in [0.25, 0.3) is 5.76 Å². The molecule has 3 aromatic rings. The molecule has 344 valence electrons. The molecule has 6 N–H and O–H groups in total. The number of methoxy groups -OCH3 is 1. The lowest BCUT2D eigenvalue weighted by Gasteiger charge is -2.38. The number of fused-ring (bicyclic) bond motifs is 14. The molecular formula is C50H57N3O12. The number of ketones is 2. The molecule has 3 aliphatic heterocycles. The topological polar surface area (TPSA) is 213 Å². The molecular weight excluding hydrogens is 835 g/mol. The smallest absolute Gasteiger partial charge is 0.312 e. The van der Waals surface area contributed by atoms with Crippen LogP contribution in [0.5, 0.6) is 11.5 Å². The van der Waals surface area contributed by atoms with Crippen molar-refractivity contribution in [1.29, 1.82) is 0 Å². The quantitative estimate of drug-likeness (QED) is 0.0835. The molecule has 0 spiro atoms. The van der Waals surface area contributed by atoms with Crippen LogP contribution in [-0.4, -0.2) is 81.2 Å². The molecule has 1 amide bonds. The van der Waals surface area contributed by atoms with Crippen LogP contribution in [-0.2, 0) is 23.8 Å². The van der Waals surface area contributed by atoms with E-state index in [1.54, 1.807) is 44.9 Å². The van der Waals surface area contributed by atoms with Gasteiger partial charge in [0.2, 0.25) is 0 Å². The summed E-state index contributed by atoms with van der Waals surface area (Å²) < 4.78 is 23.7. The third kappa shape index (κ3) is 9.44. The van der Waals surface area contributed by atoms with Gasteiger partial charge in [0.05, 0.1) is 63.9 Å². The maximum absolute atomic E-state index is 15.1. The fourth-order valence-electron chi connectivity index (χ4n) is 8.45. The zero-order chi connectivity index (χ0) is 47.5. The number of allylic oxidation sites excluding steroid dienone is 3. The number of carbonyl (C=O) groups is 4. The standard InChI is InChI=1S/C50H57N3O12/c1-26-17-16-18-27(2)49(61)52-40-35(25-51-53(33-19-12-10-13-20-33)34-21-14-11-15-22-34)44(58)37-38(45(40)59)43(57)31(6)47-39(37)48(60)50(8,65-47)63-24-23-36(62-9)28(3)46(64-32(7)54)30(5)42(56)29(4)41(26)55/h10-26,28-30,36,41-42,46,51,55-57,59H,1-9H3,(H,52,61)/b17-16+,24-23+,27-18-,35-25+/t26-,28+,29+,30+,36-,41-,42+,46+,50-/m0/s1. The highest BCUT2D eigenvalue weighted by molar-refractivity contribution is 6.25. The van der Waals surface area contributed by atoms with Gasteiger partial charge >= 0.3 is 11.8 Å². The lowest BCUT2D eigenvalue weighted by Crippen LogP contribution is -2.46. The van der Waals surface area contributed by atoms with Gasteiger partial charge in [-0.25, -0.2) is 0 Å². The van der Waals surface area contributed by atoms with Crippen LogP contribution in [0.15, 0.2) is 114 Å². The van der Waals surface area contributed by atoms with Crippen molar-refractivity contribution in [1.82, 2.24) is 10.7 Å². The molecule has 0 radical (unpaired) electrons. The molecule has 65 heavy (non-hydrogen) atoms. The Morgan fingerprint density at radius 2 is 1.48 bits per heavy atom. The molecule has 3 aromatic carbocycles. The second-order valence-electron chi connectivity index (χ2n) is 16.9. The van der Waals surface area contributed by atoms with Crippen molar-refractivity contribution in [3.63, 3.8) is 0 Å². The van der Waals surface area contributed by atoms with E-state index in [0.717, 1.165) is 0 Å². The highest BCUT2D eigenvalue weighted by atomic mass is 16.7. The van der Waals surface area contributed by atoms with Gasteiger partial charge in [-0.15, -0.1) is 0 Å². The maximum Gasteiger partial charge on any atom is 0.312 e. The minimum Gasteiger partial charge on any atom is -0.507 e. The van der Waals surface area contributed by atoms with Crippen LogP contribution in [0, 0.1) is 30.6 Å². The van der Waals surface area contributed by atoms with Crippen molar-refractivity contribution in [3.8, 4) is 11.5 Å². The number of Topliss-reactive ketones (excluding diaryl/α,β-unsaturated/α-hetero) is 2. The summed E-state index contributed by atoms with van der Waals surface area (Å²) in [5, 5.41) is 51.2. The number of hydrogen-bond acceptors (Lipinski definition) is 14. The number of phenolic OH excluding ortho intramolecular Hbond substituents is 1. The Hall–Kier alpha value is -6.68. The molecule has 0 fully saturated rings. The third-order valence-corrected chi connectivity index (χ3v) is 12.4. The molecule has 0 aromatic heterocycles. The van der Waals surface area contributed by atoms with Gasteiger partial charge in [0, 0.05) is 62.0 Å². The highest BCUT2D eigenvalue weighted by Gasteiger charge is 2.52. The van der Waals surface area contributed by atoms with E-state index >= 15 is 4.79 Å². The number of nitrogens with zero attached hydrogens (tertiary/aromatic N) is 1. The number of carbonyl (C=O) groups excluding carboxylic acids is 4. The van der Waals surface area contributed by atoms with Crippen LogP contribution in [0.1, 0.15) is 80.3 Å². The van der Waals surface area contributed by atoms with E-state index in [4.69, 9.17) is 18.9 Å². The molecule has 4 aliphatic rings. The average Bonchev–Trinajstić information content (AvgIpc) is 3.56. The van der Waals surface area contributed by atoms with Gasteiger partial charge in [-0.05, 0) is 44.2 Å². The number of phenols is 1. The summed E-state index contributed by atoms with van der Waals surface area (Å²) in [6, 6.07) is 18.3. The van der Waals surface area contributed by atoms with Crippen molar-refractivity contribution < 1.29 is 58.6 Å². The molecule has 0 unspecified atom stereocenters. The van der Waals surface area contributed by atoms with Crippen molar-refractivity contribution in [3.05, 3.63) is 137 Å². The Labute approximate surface area is 378 Å². The number of para-hydroxylation sites is 2. The number of aliphatic hydroxyl groups is 3. The van der Waals surface area contributed by atoms with Gasteiger partial charge in [-0.1, -0.05) is 82.3 Å². The van der Waals surface area contributed by atoms with E-state index in [2.05, 4.69) is 10.7 Å². The third-order valence-electron chi connectivity index (χ3n) is 12.4. The number of hydrogen-bond donors (Lipinski definition) is 6. The molecule has 3 heterocycles. The Morgan fingerprint density at radius 3 is 2.06 bits per heavy atom. The number of esters is 1. The first-order valence-corrected chi connectivity index (χ1v) is 21.4. The fourth-order valence-corrected chi connectivity index (χ4v) is 8.45. The summed E-state index contributed by atoms with van der Waals surface area (Å²) in [6.07, 6.45) is 4.68. The van der Waals surface area contributed by atoms with Crippen LogP contribution >= 0.6 is 0 Å². The molecule has 15 heteroatoms. The number of anilines is 2. The minimum atomic E-state index is -2.11.